The molecule has 0 saturated carbocycles. The fourth-order valence-corrected chi connectivity index (χ4v) is 2.58. The molecule has 1 rings (SSSR count). The van der Waals surface area contributed by atoms with Crippen molar-refractivity contribution in [1.29, 1.82) is 0 Å². The van der Waals surface area contributed by atoms with Crippen molar-refractivity contribution >= 4 is 0 Å². The first kappa shape index (κ1) is 17.2. The van der Waals surface area contributed by atoms with Gasteiger partial charge in [0.25, 0.3) is 0 Å². The number of rotatable bonds is 9. The summed E-state index contributed by atoms with van der Waals surface area (Å²) in [5.74, 6) is 0.643. The van der Waals surface area contributed by atoms with Gasteiger partial charge >= 0.3 is 0 Å². The highest BCUT2D eigenvalue weighted by atomic mass is 16.5. The van der Waals surface area contributed by atoms with Gasteiger partial charge in [0.1, 0.15) is 0 Å². The number of nitrogens with zero attached hydrogens (tertiary/aromatic N) is 1. The van der Waals surface area contributed by atoms with Gasteiger partial charge in [-0.25, -0.2) is 0 Å². The van der Waals surface area contributed by atoms with Crippen LogP contribution in [0.1, 0.15) is 26.3 Å². The summed E-state index contributed by atoms with van der Waals surface area (Å²) in [5.41, 5.74) is 7.39. The monoisotopic (exact) mass is 278 g/mol. The van der Waals surface area contributed by atoms with Gasteiger partial charge in [-0.15, -0.1) is 0 Å². The minimum absolute atomic E-state index is 0.0100. The fraction of sp³-hybridized carbons (Fsp3) is 0.647. The number of hydrogen-bond acceptors (Lipinski definition) is 3. The van der Waals surface area contributed by atoms with Crippen LogP contribution < -0.4 is 5.73 Å². The van der Waals surface area contributed by atoms with Gasteiger partial charge in [-0.2, -0.15) is 0 Å². The second-order valence-electron chi connectivity index (χ2n) is 6.25. The molecule has 1 aromatic rings. The molecule has 0 aliphatic carbocycles. The quantitative estimate of drug-likeness (QED) is 0.754. The highest BCUT2D eigenvalue weighted by Gasteiger charge is 2.27. The Balaban J connectivity index is 2.81. The molecule has 0 aliphatic rings. The Labute approximate surface area is 124 Å². The molecule has 3 nitrogen and oxygen atoms in total. The Morgan fingerprint density at radius 3 is 2.40 bits per heavy atom. The van der Waals surface area contributed by atoms with Crippen LogP contribution in [-0.4, -0.2) is 44.8 Å². The molecule has 0 aromatic heterocycles. The Morgan fingerprint density at radius 2 is 1.90 bits per heavy atom. The number of ether oxygens (including phenoxy) is 1. The minimum Gasteiger partial charge on any atom is -0.383 e. The maximum Gasteiger partial charge on any atom is 0.0589 e. The zero-order valence-corrected chi connectivity index (χ0v) is 13.4. The molecule has 1 aromatic carbocycles. The average Bonchev–Trinajstić information content (AvgIpc) is 2.45. The summed E-state index contributed by atoms with van der Waals surface area (Å²) >= 11 is 0. The first-order valence-corrected chi connectivity index (χ1v) is 7.48. The lowest BCUT2D eigenvalue weighted by molar-refractivity contribution is 0.124. The molecule has 0 fully saturated rings. The van der Waals surface area contributed by atoms with Crippen molar-refractivity contribution in [3.63, 3.8) is 0 Å². The molecule has 0 bridgehead atoms. The van der Waals surface area contributed by atoms with E-state index in [0.29, 0.717) is 12.5 Å². The molecule has 20 heavy (non-hydrogen) atoms. The van der Waals surface area contributed by atoms with Crippen molar-refractivity contribution in [2.75, 3.05) is 39.9 Å². The van der Waals surface area contributed by atoms with Gasteiger partial charge in [-0.3, -0.25) is 4.90 Å². The van der Waals surface area contributed by atoms with E-state index in [4.69, 9.17) is 10.5 Å². The Morgan fingerprint density at radius 1 is 1.25 bits per heavy atom. The summed E-state index contributed by atoms with van der Waals surface area (Å²) in [6.45, 7) is 11.2. The zero-order valence-electron chi connectivity index (χ0n) is 13.4. The van der Waals surface area contributed by atoms with E-state index in [1.807, 2.05) is 0 Å². The number of hydrogen-bond donors (Lipinski definition) is 1. The highest BCUT2D eigenvalue weighted by Crippen LogP contribution is 2.24. The Bertz CT molecular complexity index is 367. The normalized spacial score (nSPS) is 14.8. The zero-order chi connectivity index (χ0) is 15.0. The number of benzene rings is 1. The summed E-state index contributed by atoms with van der Waals surface area (Å²) in [4.78, 5) is 2.47. The Hall–Kier alpha value is -0.900. The standard InChI is InChI=1S/C17H30N2O/c1-15(2)12-19(10-11-20-4)14-17(3,13-18)16-8-6-5-7-9-16/h5-9,15H,10-14,18H2,1-4H3. The maximum atomic E-state index is 6.09. The molecule has 0 aliphatic heterocycles. The molecule has 2 N–H and O–H groups in total. The van der Waals surface area contributed by atoms with Crippen LogP contribution in [0.25, 0.3) is 0 Å². The SMILES string of the molecule is COCCN(CC(C)C)CC(C)(CN)c1ccccc1. The molecule has 0 heterocycles. The third-order valence-corrected chi connectivity index (χ3v) is 3.73. The van der Waals surface area contributed by atoms with Crippen molar-refractivity contribution in [3.8, 4) is 0 Å². The van der Waals surface area contributed by atoms with Gasteiger partial charge in [0.2, 0.25) is 0 Å². The third-order valence-electron chi connectivity index (χ3n) is 3.73. The van der Waals surface area contributed by atoms with E-state index >= 15 is 0 Å². The minimum atomic E-state index is -0.0100. The number of nitrogens with two attached hydrogens (primary N) is 1. The lowest BCUT2D eigenvalue weighted by Crippen LogP contribution is -2.46. The molecular weight excluding hydrogens is 248 g/mol. The third kappa shape index (κ3) is 5.23. The van der Waals surface area contributed by atoms with Crippen LogP contribution in [-0.2, 0) is 10.2 Å². The summed E-state index contributed by atoms with van der Waals surface area (Å²) in [5, 5.41) is 0. The van der Waals surface area contributed by atoms with E-state index in [-0.39, 0.29) is 5.41 Å². The van der Waals surface area contributed by atoms with Crippen LogP contribution in [0.3, 0.4) is 0 Å². The molecule has 0 radical (unpaired) electrons. The van der Waals surface area contributed by atoms with Crippen LogP contribution in [0.4, 0.5) is 0 Å². The van der Waals surface area contributed by atoms with Gasteiger partial charge < -0.3 is 10.5 Å². The van der Waals surface area contributed by atoms with E-state index < -0.39 is 0 Å². The van der Waals surface area contributed by atoms with E-state index in [2.05, 4.69) is 56.0 Å². The second-order valence-corrected chi connectivity index (χ2v) is 6.25. The van der Waals surface area contributed by atoms with Crippen molar-refractivity contribution in [3.05, 3.63) is 35.9 Å². The van der Waals surface area contributed by atoms with Crippen LogP contribution in [0.15, 0.2) is 30.3 Å². The van der Waals surface area contributed by atoms with Crippen LogP contribution >= 0.6 is 0 Å². The van der Waals surface area contributed by atoms with E-state index in [1.165, 1.54) is 5.56 Å². The summed E-state index contributed by atoms with van der Waals surface area (Å²) < 4.78 is 5.23. The van der Waals surface area contributed by atoms with Crippen molar-refractivity contribution < 1.29 is 4.74 Å². The van der Waals surface area contributed by atoms with Crippen molar-refractivity contribution in [1.82, 2.24) is 4.90 Å². The van der Waals surface area contributed by atoms with E-state index in [9.17, 15) is 0 Å². The second kappa shape index (κ2) is 8.40. The summed E-state index contributed by atoms with van der Waals surface area (Å²) in [6.07, 6.45) is 0. The van der Waals surface area contributed by atoms with Gasteiger partial charge in [-0.1, -0.05) is 51.1 Å². The summed E-state index contributed by atoms with van der Waals surface area (Å²) in [6, 6.07) is 10.6. The predicted molar refractivity (Wildman–Crippen MR) is 86.0 cm³/mol. The topological polar surface area (TPSA) is 38.5 Å². The van der Waals surface area contributed by atoms with Gasteiger partial charge in [0, 0.05) is 38.7 Å². The first-order valence-electron chi connectivity index (χ1n) is 7.48. The van der Waals surface area contributed by atoms with Gasteiger partial charge in [0.15, 0.2) is 0 Å². The van der Waals surface area contributed by atoms with Crippen LogP contribution in [0.2, 0.25) is 0 Å². The van der Waals surface area contributed by atoms with E-state index in [0.717, 1.165) is 26.2 Å². The van der Waals surface area contributed by atoms with Gasteiger partial charge in [0.05, 0.1) is 6.61 Å². The molecule has 0 amide bonds. The molecule has 0 spiro atoms. The molecule has 1 unspecified atom stereocenters. The number of methoxy groups -OCH3 is 1. The van der Waals surface area contributed by atoms with Crippen molar-refractivity contribution in [2.24, 2.45) is 11.7 Å². The highest BCUT2D eigenvalue weighted by molar-refractivity contribution is 5.25. The van der Waals surface area contributed by atoms with Crippen LogP contribution in [0, 0.1) is 5.92 Å². The molecule has 0 saturated heterocycles. The molecule has 114 valence electrons. The average molecular weight is 278 g/mol. The molecular formula is C17H30N2O. The molecule has 1 atom stereocenters. The largest absolute Gasteiger partial charge is 0.383 e. The van der Waals surface area contributed by atoms with Gasteiger partial charge in [-0.05, 0) is 11.5 Å². The van der Waals surface area contributed by atoms with Crippen LogP contribution in [0.5, 0.6) is 0 Å². The summed E-state index contributed by atoms with van der Waals surface area (Å²) in [7, 11) is 1.76. The fourth-order valence-electron chi connectivity index (χ4n) is 2.58. The lowest BCUT2D eigenvalue weighted by atomic mass is 9.82. The molecule has 3 heteroatoms. The van der Waals surface area contributed by atoms with E-state index in [1.54, 1.807) is 7.11 Å². The first-order chi connectivity index (χ1) is 9.51. The maximum absolute atomic E-state index is 6.09. The smallest absolute Gasteiger partial charge is 0.0589 e. The van der Waals surface area contributed by atoms with Crippen molar-refractivity contribution in [2.45, 2.75) is 26.2 Å². The lowest BCUT2D eigenvalue weighted by Gasteiger charge is -2.36. The Kier molecular flexibility index (Phi) is 7.20. The predicted octanol–water partition coefficient (Wildman–Crippen LogP) is 2.51.